The van der Waals surface area contributed by atoms with Gasteiger partial charge >= 0.3 is 0 Å². The van der Waals surface area contributed by atoms with Crippen LogP contribution in [0.5, 0.6) is 0 Å². The van der Waals surface area contributed by atoms with Crippen molar-refractivity contribution in [3.05, 3.63) is 35.9 Å². The van der Waals surface area contributed by atoms with E-state index in [1.807, 2.05) is 0 Å². The van der Waals surface area contributed by atoms with Crippen LogP contribution >= 0.6 is 0 Å². The summed E-state index contributed by atoms with van der Waals surface area (Å²) < 4.78 is 0. The van der Waals surface area contributed by atoms with Crippen molar-refractivity contribution < 1.29 is 0 Å². The molecule has 1 aromatic rings. The van der Waals surface area contributed by atoms with E-state index >= 15 is 0 Å². The smallest absolute Gasteiger partial charge is 0.0550 e. The summed E-state index contributed by atoms with van der Waals surface area (Å²) in [5.41, 5.74) is 4.26. The van der Waals surface area contributed by atoms with E-state index < -0.39 is 8.07 Å². The molecule has 0 N–H and O–H groups in total. The molecule has 9 atom stereocenters. The minimum atomic E-state index is -1.43. The van der Waals surface area contributed by atoms with Crippen molar-refractivity contribution in [3.8, 4) is 0 Å². The molecule has 0 bridgehead atoms. The van der Waals surface area contributed by atoms with Gasteiger partial charge in [-0.2, -0.15) is 0 Å². The fourth-order valence-electron chi connectivity index (χ4n) is 10.3. The second kappa shape index (κ2) is 8.58. The number of rotatable bonds is 3. The van der Waals surface area contributed by atoms with Crippen LogP contribution in [-0.4, -0.2) is 8.07 Å². The van der Waals surface area contributed by atoms with Crippen LogP contribution in [0.4, 0.5) is 0 Å². The highest BCUT2D eigenvalue weighted by Gasteiger charge is 2.59. The maximum absolute atomic E-state index is 2.88. The summed E-state index contributed by atoms with van der Waals surface area (Å²) in [4.78, 5) is 0. The van der Waals surface area contributed by atoms with Crippen molar-refractivity contribution in [2.45, 2.75) is 116 Å². The van der Waals surface area contributed by atoms with E-state index in [9.17, 15) is 0 Å². The molecule has 1 heteroatoms. The van der Waals surface area contributed by atoms with Crippen LogP contribution < -0.4 is 0 Å². The standard InChI is InChI=1S/C31H50Si/c1-21-18-24-19-25(31(2,3)4)16-17-27(24)29(21)32(5,6)30-26-15-11-10-14-23(26)20-28(30)22-12-8-7-9-13-22/h7-9,12-13,21,23-30H,10-11,14-20H2,1-6H3. The van der Waals surface area contributed by atoms with Gasteiger partial charge in [0.2, 0.25) is 0 Å². The molecule has 1 aromatic carbocycles. The van der Waals surface area contributed by atoms with Gasteiger partial charge in [0.1, 0.15) is 0 Å². The lowest BCUT2D eigenvalue weighted by Crippen LogP contribution is -2.47. The molecule has 4 aliphatic carbocycles. The average Bonchev–Trinajstić information content (AvgIpc) is 3.31. The monoisotopic (exact) mass is 450 g/mol. The third-order valence-corrected chi connectivity index (χ3v) is 16.6. The van der Waals surface area contributed by atoms with Crippen LogP contribution in [-0.2, 0) is 0 Å². The highest BCUT2D eigenvalue weighted by molar-refractivity contribution is 6.80. The molecule has 0 spiro atoms. The second-order valence-corrected chi connectivity index (χ2v) is 19.3. The highest BCUT2D eigenvalue weighted by atomic mass is 28.3. The van der Waals surface area contributed by atoms with E-state index in [1.54, 1.807) is 5.56 Å². The molecule has 4 aliphatic rings. The topological polar surface area (TPSA) is 0 Å². The SMILES string of the molecule is CC1CC2CC(C(C)(C)C)CCC2C1[Si](C)(C)C1C(c2ccccc2)CC2CCCCC21. The maximum atomic E-state index is 2.88. The van der Waals surface area contributed by atoms with Crippen molar-refractivity contribution in [1.82, 2.24) is 0 Å². The molecule has 178 valence electrons. The van der Waals surface area contributed by atoms with Gasteiger partial charge in [-0.1, -0.05) is 96.8 Å². The first-order chi connectivity index (χ1) is 15.2. The Bertz CT molecular complexity index is 773. The van der Waals surface area contributed by atoms with Gasteiger partial charge in [0, 0.05) is 0 Å². The zero-order chi connectivity index (χ0) is 22.7. The lowest BCUT2D eigenvalue weighted by molar-refractivity contribution is 0.113. The molecule has 0 amide bonds. The molecule has 0 nitrogen and oxygen atoms in total. The predicted molar refractivity (Wildman–Crippen MR) is 142 cm³/mol. The minimum absolute atomic E-state index is 0.498. The molecule has 0 aliphatic heterocycles. The Morgan fingerprint density at radius 2 is 1.44 bits per heavy atom. The van der Waals surface area contributed by atoms with Gasteiger partial charge in [-0.25, -0.2) is 0 Å². The van der Waals surface area contributed by atoms with Gasteiger partial charge in [0.25, 0.3) is 0 Å². The normalized spacial score (nSPS) is 42.5. The van der Waals surface area contributed by atoms with Crippen molar-refractivity contribution in [1.29, 1.82) is 0 Å². The summed E-state index contributed by atoms with van der Waals surface area (Å²) in [6.45, 7) is 15.9. The Hall–Kier alpha value is -0.563. The molecule has 4 fully saturated rings. The molecular weight excluding hydrogens is 400 g/mol. The predicted octanol–water partition coefficient (Wildman–Crippen LogP) is 9.55. The number of hydrogen-bond acceptors (Lipinski definition) is 0. The molecule has 9 unspecified atom stereocenters. The Morgan fingerprint density at radius 1 is 0.750 bits per heavy atom. The van der Waals surface area contributed by atoms with Crippen molar-refractivity contribution in [2.24, 2.45) is 40.9 Å². The van der Waals surface area contributed by atoms with Crippen LogP contribution in [0, 0.1) is 40.9 Å². The quantitative estimate of drug-likeness (QED) is 0.402. The zero-order valence-electron chi connectivity index (χ0n) is 21.9. The summed E-state index contributed by atoms with van der Waals surface area (Å²) >= 11 is 0. The van der Waals surface area contributed by atoms with Gasteiger partial charge in [-0.15, -0.1) is 0 Å². The molecule has 32 heavy (non-hydrogen) atoms. The van der Waals surface area contributed by atoms with E-state index in [0.717, 1.165) is 52.5 Å². The lowest BCUT2D eigenvalue weighted by atomic mass is 9.66. The largest absolute Gasteiger partial charge is 0.0689 e. The summed E-state index contributed by atoms with van der Waals surface area (Å²) in [6.07, 6.45) is 13.7. The molecule has 0 aromatic heterocycles. The zero-order valence-corrected chi connectivity index (χ0v) is 22.9. The third kappa shape index (κ3) is 3.97. The summed E-state index contributed by atoms with van der Waals surface area (Å²) in [5, 5.41) is 0. The molecule has 0 saturated heterocycles. The molecule has 5 rings (SSSR count). The fraction of sp³-hybridized carbons (Fsp3) is 0.806. The first-order valence-corrected chi connectivity index (χ1v) is 17.4. The van der Waals surface area contributed by atoms with Gasteiger partial charge in [0.05, 0.1) is 8.07 Å². The van der Waals surface area contributed by atoms with E-state index in [0.29, 0.717) is 5.41 Å². The summed E-state index contributed by atoms with van der Waals surface area (Å²) in [6, 6.07) is 11.8. The van der Waals surface area contributed by atoms with Gasteiger partial charge in [-0.3, -0.25) is 0 Å². The molecule has 0 radical (unpaired) electrons. The molecule has 0 heterocycles. The van der Waals surface area contributed by atoms with E-state index in [1.165, 1.54) is 57.8 Å². The number of benzene rings is 1. The number of hydrogen-bond donors (Lipinski definition) is 0. The van der Waals surface area contributed by atoms with Crippen LogP contribution in [0.2, 0.25) is 24.2 Å². The second-order valence-electron chi connectivity index (χ2n) is 14.3. The first-order valence-electron chi connectivity index (χ1n) is 14.2. The Balaban J connectivity index is 1.45. The Kier molecular flexibility index (Phi) is 6.22. The van der Waals surface area contributed by atoms with E-state index in [2.05, 4.69) is 71.1 Å². The van der Waals surface area contributed by atoms with E-state index in [-0.39, 0.29) is 0 Å². The molecular formula is C31H50Si. The summed E-state index contributed by atoms with van der Waals surface area (Å²) in [7, 11) is -1.43. The Morgan fingerprint density at radius 3 is 2.16 bits per heavy atom. The lowest BCUT2D eigenvalue weighted by Gasteiger charge is -2.49. The van der Waals surface area contributed by atoms with Crippen LogP contribution in [0.3, 0.4) is 0 Å². The van der Waals surface area contributed by atoms with Crippen molar-refractivity contribution >= 4 is 8.07 Å². The van der Waals surface area contributed by atoms with Gasteiger partial charge < -0.3 is 0 Å². The van der Waals surface area contributed by atoms with Crippen LogP contribution in [0.1, 0.15) is 97.0 Å². The summed E-state index contributed by atoms with van der Waals surface area (Å²) in [5.74, 6) is 6.89. The van der Waals surface area contributed by atoms with Crippen LogP contribution in [0.25, 0.3) is 0 Å². The van der Waals surface area contributed by atoms with Gasteiger partial charge in [-0.05, 0) is 95.6 Å². The van der Waals surface area contributed by atoms with Gasteiger partial charge in [0.15, 0.2) is 0 Å². The van der Waals surface area contributed by atoms with Crippen molar-refractivity contribution in [3.63, 3.8) is 0 Å². The molecule has 4 saturated carbocycles. The minimum Gasteiger partial charge on any atom is -0.0689 e. The van der Waals surface area contributed by atoms with Crippen LogP contribution in [0.15, 0.2) is 30.3 Å². The van der Waals surface area contributed by atoms with E-state index in [4.69, 9.17) is 0 Å². The average molecular weight is 451 g/mol. The maximum Gasteiger partial charge on any atom is 0.0550 e. The Labute approximate surface area is 200 Å². The number of fused-ring (bicyclic) bond motifs is 2. The first kappa shape index (κ1) is 23.2. The fourth-order valence-corrected chi connectivity index (χ4v) is 16.8. The highest BCUT2D eigenvalue weighted by Crippen LogP contribution is 2.67. The third-order valence-electron chi connectivity index (χ3n) is 11.4. The van der Waals surface area contributed by atoms with Crippen molar-refractivity contribution in [2.75, 3.05) is 0 Å².